The summed E-state index contributed by atoms with van der Waals surface area (Å²) in [6.45, 7) is 1.02. The highest BCUT2D eigenvalue weighted by atomic mass is 16.5. The maximum Gasteiger partial charge on any atom is 0.258 e. The van der Waals surface area contributed by atoms with Crippen LogP contribution >= 0.6 is 0 Å². The molecule has 5 heteroatoms. The Bertz CT molecular complexity index is 950. The van der Waals surface area contributed by atoms with Crippen molar-refractivity contribution in [1.29, 1.82) is 0 Å². The summed E-state index contributed by atoms with van der Waals surface area (Å²) in [5, 5.41) is 4.67. The third-order valence-corrected chi connectivity index (χ3v) is 7.24. The molecule has 4 bridgehead atoms. The molecule has 2 aromatic rings. The molecule has 1 unspecified atom stereocenters. The van der Waals surface area contributed by atoms with Crippen LogP contribution in [0.15, 0.2) is 35.3 Å². The van der Waals surface area contributed by atoms with Crippen molar-refractivity contribution in [3.63, 3.8) is 0 Å². The van der Waals surface area contributed by atoms with Gasteiger partial charge < -0.3 is 14.6 Å². The van der Waals surface area contributed by atoms with Crippen LogP contribution in [0.3, 0.4) is 0 Å². The molecule has 0 aliphatic heterocycles. The molecular weight excluding hydrogens is 340 g/mol. The molecule has 1 N–H and O–H groups in total. The maximum absolute atomic E-state index is 13.3. The molecule has 1 heterocycles. The molecule has 4 atom stereocenters. The molecule has 27 heavy (non-hydrogen) atoms. The average Bonchev–Trinajstić information content (AvgIpc) is 3.07. The van der Waals surface area contributed by atoms with Gasteiger partial charge in [-0.2, -0.15) is 0 Å². The predicted molar refractivity (Wildman–Crippen MR) is 105 cm³/mol. The molecule has 4 saturated carbocycles. The van der Waals surface area contributed by atoms with Gasteiger partial charge in [-0.15, -0.1) is 0 Å². The molecule has 1 amide bonds. The van der Waals surface area contributed by atoms with E-state index in [1.807, 2.05) is 24.3 Å². The second-order valence-electron chi connectivity index (χ2n) is 8.73. The normalized spacial score (nSPS) is 30.9. The highest BCUT2D eigenvalue weighted by Crippen LogP contribution is 2.65. The number of fused-ring (bicyclic) bond motifs is 1. The van der Waals surface area contributed by atoms with Crippen molar-refractivity contribution >= 4 is 22.4 Å². The minimum absolute atomic E-state index is 0.0420. The van der Waals surface area contributed by atoms with Crippen molar-refractivity contribution in [3.05, 3.63) is 40.8 Å². The molecule has 1 aromatic carbocycles. The number of benzene rings is 1. The molecule has 6 rings (SSSR count). The topological polar surface area (TPSA) is 60.3 Å². The molecule has 142 valence electrons. The number of pyridine rings is 1. The third-order valence-electron chi connectivity index (χ3n) is 7.24. The number of methoxy groups -OCH3 is 1. The van der Waals surface area contributed by atoms with E-state index in [1.54, 1.807) is 17.9 Å². The Morgan fingerprint density at radius 3 is 2.70 bits per heavy atom. The van der Waals surface area contributed by atoms with Crippen LogP contribution in [0, 0.1) is 23.2 Å². The first-order chi connectivity index (χ1) is 13.1. The highest BCUT2D eigenvalue weighted by molar-refractivity contribution is 6.04. The van der Waals surface area contributed by atoms with E-state index in [9.17, 15) is 9.59 Å². The van der Waals surface area contributed by atoms with Gasteiger partial charge in [-0.1, -0.05) is 6.07 Å². The molecule has 0 radical (unpaired) electrons. The van der Waals surface area contributed by atoms with Crippen molar-refractivity contribution in [2.24, 2.45) is 23.2 Å². The van der Waals surface area contributed by atoms with Gasteiger partial charge in [0.2, 0.25) is 5.91 Å². The van der Waals surface area contributed by atoms with Crippen molar-refractivity contribution < 1.29 is 9.53 Å². The fourth-order valence-corrected chi connectivity index (χ4v) is 6.21. The standard InChI is InChI=1S/C22H26N2O3/c1-27-8-7-24-6-5-17-18(20(24)25)3-2-4-19(17)23-21(26)22-12-14-9-15(13-22)11-16(22)10-14/h2-6,14-16H,7-13H2,1H3,(H,23,26)/t14-,15?,16+,22-/m0/s1. The van der Waals surface area contributed by atoms with E-state index >= 15 is 0 Å². The average molecular weight is 366 g/mol. The first-order valence-corrected chi connectivity index (χ1v) is 10.0. The van der Waals surface area contributed by atoms with Gasteiger partial charge in [0.15, 0.2) is 0 Å². The molecule has 4 aliphatic carbocycles. The fraction of sp³-hybridized carbons (Fsp3) is 0.545. The van der Waals surface area contributed by atoms with Crippen LogP contribution in [-0.4, -0.2) is 24.2 Å². The first kappa shape index (κ1) is 17.0. The molecule has 1 aromatic heterocycles. The van der Waals surface area contributed by atoms with Crippen molar-refractivity contribution in [2.45, 2.75) is 38.6 Å². The summed E-state index contributed by atoms with van der Waals surface area (Å²) in [6.07, 6.45) is 7.66. The van der Waals surface area contributed by atoms with E-state index in [0.29, 0.717) is 24.5 Å². The van der Waals surface area contributed by atoms with Crippen molar-refractivity contribution in [3.8, 4) is 0 Å². The molecule has 4 aliphatic rings. The molecule has 5 nitrogen and oxygen atoms in total. The number of amides is 1. The SMILES string of the molecule is COCCn1ccc2c(NC(=O)[C@@]34CC5C[C@@H](C[C@@H]3C5)C4)cccc2c1=O. The lowest BCUT2D eigenvalue weighted by Crippen LogP contribution is -2.37. The van der Waals surface area contributed by atoms with Crippen LogP contribution in [0.4, 0.5) is 5.69 Å². The van der Waals surface area contributed by atoms with Crippen LogP contribution < -0.4 is 10.9 Å². The lowest BCUT2D eigenvalue weighted by Gasteiger charge is -2.31. The Labute approximate surface area is 158 Å². The van der Waals surface area contributed by atoms with Crippen LogP contribution in [0.2, 0.25) is 0 Å². The Hall–Kier alpha value is -2.14. The van der Waals surface area contributed by atoms with Crippen molar-refractivity contribution in [2.75, 3.05) is 19.0 Å². The van der Waals surface area contributed by atoms with Gasteiger partial charge in [0.25, 0.3) is 5.56 Å². The summed E-state index contributed by atoms with van der Waals surface area (Å²) in [6, 6.07) is 7.53. The second-order valence-corrected chi connectivity index (χ2v) is 8.73. The van der Waals surface area contributed by atoms with Gasteiger partial charge in [-0.05, 0) is 68.1 Å². The monoisotopic (exact) mass is 366 g/mol. The predicted octanol–water partition coefficient (Wildman–Crippen LogP) is 3.41. The number of nitrogens with zero attached hydrogens (tertiary/aromatic N) is 1. The summed E-state index contributed by atoms with van der Waals surface area (Å²) >= 11 is 0. The first-order valence-electron chi connectivity index (χ1n) is 10.0. The summed E-state index contributed by atoms with van der Waals surface area (Å²) in [7, 11) is 1.63. The molecule has 0 saturated heterocycles. The van der Waals surface area contributed by atoms with E-state index in [1.165, 1.54) is 19.3 Å². The Morgan fingerprint density at radius 2 is 1.96 bits per heavy atom. The van der Waals surface area contributed by atoms with E-state index in [-0.39, 0.29) is 16.9 Å². The van der Waals surface area contributed by atoms with E-state index in [4.69, 9.17) is 4.74 Å². The largest absolute Gasteiger partial charge is 0.383 e. The van der Waals surface area contributed by atoms with Gasteiger partial charge in [-0.3, -0.25) is 9.59 Å². The summed E-state index contributed by atoms with van der Waals surface area (Å²) in [5.74, 6) is 2.22. The number of carbonyl (C=O) groups excluding carboxylic acids is 1. The van der Waals surface area contributed by atoms with Gasteiger partial charge in [0.1, 0.15) is 0 Å². The van der Waals surface area contributed by atoms with Crippen LogP contribution in [-0.2, 0) is 16.1 Å². The Kier molecular flexibility index (Phi) is 3.90. The number of anilines is 1. The molecule has 4 fully saturated rings. The minimum Gasteiger partial charge on any atom is -0.383 e. The third kappa shape index (κ3) is 2.55. The van der Waals surface area contributed by atoms with Crippen molar-refractivity contribution in [1.82, 2.24) is 4.57 Å². The summed E-state index contributed by atoms with van der Waals surface area (Å²) in [5.41, 5.74) is 0.553. The lowest BCUT2D eigenvalue weighted by atomic mass is 9.75. The lowest BCUT2D eigenvalue weighted by molar-refractivity contribution is -0.127. The van der Waals surface area contributed by atoms with Crippen LogP contribution in [0.25, 0.3) is 10.8 Å². The number of carbonyl (C=O) groups is 1. The fourth-order valence-electron chi connectivity index (χ4n) is 6.21. The van der Waals surface area contributed by atoms with E-state index in [0.717, 1.165) is 35.8 Å². The van der Waals surface area contributed by atoms with E-state index in [2.05, 4.69) is 5.32 Å². The molecule has 0 spiro atoms. The zero-order chi connectivity index (χ0) is 18.6. The minimum atomic E-state index is -0.163. The number of ether oxygens (including phenoxy) is 1. The number of aromatic nitrogens is 1. The highest BCUT2D eigenvalue weighted by Gasteiger charge is 2.61. The Balaban J connectivity index is 1.46. The van der Waals surface area contributed by atoms with Crippen LogP contribution in [0.5, 0.6) is 0 Å². The van der Waals surface area contributed by atoms with E-state index < -0.39 is 0 Å². The maximum atomic E-state index is 13.3. The number of rotatable bonds is 5. The zero-order valence-electron chi connectivity index (χ0n) is 15.7. The smallest absolute Gasteiger partial charge is 0.258 e. The summed E-state index contributed by atoms with van der Waals surface area (Å²) < 4.78 is 6.74. The number of nitrogens with one attached hydrogen (secondary N) is 1. The summed E-state index contributed by atoms with van der Waals surface area (Å²) in [4.78, 5) is 26.1. The van der Waals surface area contributed by atoms with Gasteiger partial charge in [0, 0.05) is 36.3 Å². The van der Waals surface area contributed by atoms with Gasteiger partial charge in [-0.25, -0.2) is 0 Å². The van der Waals surface area contributed by atoms with Gasteiger partial charge >= 0.3 is 0 Å². The Morgan fingerprint density at radius 1 is 1.19 bits per heavy atom. The van der Waals surface area contributed by atoms with Gasteiger partial charge in [0.05, 0.1) is 12.0 Å². The quantitative estimate of drug-likeness (QED) is 0.882. The number of hydrogen-bond donors (Lipinski definition) is 1. The second kappa shape index (κ2) is 6.20. The molecular formula is C22H26N2O3. The zero-order valence-corrected chi connectivity index (χ0v) is 15.7. The number of hydrogen-bond acceptors (Lipinski definition) is 3. The van der Waals surface area contributed by atoms with Crippen LogP contribution in [0.1, 0.15) is 32.1 Å².